The van der Waals surface area contributed by atoms with Gasteiger partial charge in [0.15, 0.2) is 0 Å². The summed E-state index contributed by atoms with van der Waals surface area (Å²) in [5.41, 5.74) is 1.33. The van der Waals surface area contributed by atoms with Crippen LogP contribution in [0.3, 0.4) is 0 Å². The molecule has 14 heavy (non-hydrogen) atoms. The Labute approximate surface area is 88.4 Å². The Bertz CT molecular complexity index is 177. The number of likely N-dealkylation sites (N-methyl/N-ethyl adjacent to an activating group) is 1. The summed E-state index contributed by atoms with van der Waals surface area (Å²) in [6, 6.07) is 0.813. The van der Waals surface area contributed by atoms with Crippen LogP contribution < -0.4 is 5.32 Å². The van der Waals surface area contributed by atoms with Crippen molar-refractivity contribution in [3.8, 4) is 0 Å². The summed E-state index contributed by atoms with van der Waals surface area (Å²) in [6.45, 7) is 12.9. The van der Waals surface area contributed by atoms with Crippen LogP contribution in [0.25, 0.3) is 0 Å². The van der Waals surface area contributed by atoms with E-state index in [0.29, 0.717) is 0 Å². The van der Waals surface area contributed by atoms with E-state index in [1.165, 1.54) is 31.4 Å². The maximum absolute atomic E-state index is 4.12. The van der Waals surface area contributed by atoms with Crippen LogP contribution in [0.15, 0.2) is 12.2 Å². The van der Waals surface area contributed by atoms with Gasteiger partial charge in [-0.1, -0.05) is 20.4 Å². The number of nitrogens with one attached hydrogen (secondary N) is 1. The molecule has 0 spiro atoms. The normalized spacial score (nSPS) is 22.9. The van der Waals surface area contributed by atoms with Gasteiger partial charge in [-0.25, -0.2) is 0 Å². The van der Waals surface area contributed by atoms with Crippen LogP contribution in [0.4, 0.5) is 0 Å². The van der Waals surface area contributed by atoms with E-state index in [0.717, 1.165) is 25.7 Å². The average Bonchev–Trinajstić information content (AvgIpc) is 2.62. The van der Waals surface area contributed by atoms with Gasteiger partial charge in [-0.2, -0.15) is 0 Å². The minimum absolute atomic E-state index is 0.813. The van der Waals surface area contributed by atoms with Gasteiger partial charge in [-0.3, -0.25) is 4.90 Å². The molecule has 1 fully saturated rings. The first kappa shape index (κ1) is 11.7. The molecule has 2 heteroatoms. The second-order valence-electron chi connectivity index (χ2n) is 4.21. The molecule has 1 atom stereocenters. The van der Waals surface area contributed by atoms with E-state index >= 15 is 0 Å². The van der Waals surface area contributed by atoms with E-state index in [-0.39, 0.29) is 0 Å². The Morgan fingerprint density at radius 1 is 1.50 bits per heavy atom. The van der Waals surface area contributed by atoms with Gasteiger partial charge >= 0.3 is 0 Å². The monoisotopic (exact) mass is 196 g/mol. The van der Waals surface area contributed by atoms with Gasteiger partial charge in [-0.15, -0.1) is 0 Å². The second kappa shape index (κ2) is 6.20. The fourth-order valence-electron chi connectivity index (χ4n) is 2.21. The summed E-state index contributed by atoms with van der Waals surface area (Å²) < 4.78 is 0. The molecule has 1 unspecified atom stereocenters. The lowest BCUT2D eigenvalue weighted by atomic mass is 10.1. The summed E-state index contributed by atoms with van der Waals surface area (Å²) in [5, 5.41) is 3.33. The van der Waals surface area contributed by atoms with Crippen molar-refractivity contribution in [3.63, 3.8) is 0 Å². The van der Waals surface area contributed by atoms with Crippen molar-refractivity contribution in [1.82, 2.24) is 10.2 Å². The van der Waals surface area contributed by atoms with Crippen molar-refractivity contribution in [1.29, 1.82) is 0 Å². The molecule has 1 rings (SSSR count). The van der Waals surface area contributed by atoms with Crippen molar-refractivity contribution >= 4 is 0 Å². The maximum Gasteiger partial charge on any atom is 0.0205 e. The Hall–Kier alpha value is -0.340. The summed E-state index contributed by atoms with van der Waals surface area (Å²) >= 11 is 0. The standard InChI is InChI=1S/C12H24N2/c1-4-12-7-6-8-14(12)10-11(3)9-13-5-2/h12-13H,3-10H2,1-2H3. The lowest BCUT2D eigenvalue weighted by molar-refractivity contribution is 0.267. The first-order valence-corrected chi connectivity index (χ1v) is 5.89. The van der Waals surface area contributed by atoms with Crippen LogP contribution in [0.5, 0.6) is 0 Å². The molecule has 0 amide bonds. The number of rotatable bonds is 6. The molecule has 2 nitrogen and oxygen atoms in total. The maximum atomic E-state index is 4.12. The fourth-order valence-corrected chi connectivity index (χ4v) is 2.21. The molecule has 1 N–H and O–H groups in total. The van der Waals surface area contributed by atoms with Crippen LogP contribution in [0, 0.1) is 0 Å². The zero-order valence-corrected chi connectivity index (χ0v) is 9.68. The molecule has 1 aliphatic rings. The topological polar surface area (TPSA) is 15.3 Å². The third-order valence-corrected chi connectivity index (χ3v) is 3.02. The SMILES string of the molecule is C=C(CNCC)CN1CCCC1CC. The Morgan fingerprint density at radius 3 is 2.93 bits per heavy atom. The smallest absolute Gasteiger partial charge is 0.0205 e. The van der Waals surface area contributed by atoms with E-state index in [1.807, 2.05) is 0 Å². The number of likely N-dealkylation sites (tertiary alicyclic amines) is 1. The summed E-state index contributed by atoms with van der Waals surface area (Å²) in [7, 11) is 0. The Kier molecular flexibility index (Phi) is 5.20. The minimum Gasteiger partial charge on any atom is -0.313 e. The fraction of sp³-hybridized carbons (Fsp3) is 0.833. The molecule has 1 aliphatic heterocycles. The highest BCUT2D eigenvalue weighted by molar-refractivity contribution is 5.01. The third kappa shape index (κ3) is 3.43. The molecule has 0 saturated carbocycles. The van der Waals surface area contributed by atoms with E-state index in [1.54, 1.807) is 0 Å². The molecule has 0 aliphatic carbocycles. The first-order chi connectivity index (χ1) is 6.77. The molecule has 0 aromatic rings. The van der Waals surface area contributed by atoms with Gasteiger partial charge < -0.3 is 5.32 Å². The molecule has 0 aromatic heterocycles. The lowest BCUT2D eigenvalue weighted by Crippen LogP contribution is -2.32. The molecule has 0 bridgehead atoms. The van der Waals surface area contributed by atoms with Crippen LogP contribution in [-0.4, -0.2) is 37.1 Å². The minimum atomic E-state index is 0.813. The number of nitrogens with zero attached hydrogens (tertiary/aromatic N) is 1. The van der Waals surface area contributed by atoms with E-state index in [2.05, 4.69) is 30.6 Å². The van der Waals surface area contributed by atoms with E-state index < -0.39 is 0 Å². The van der Waals surface area contributed by atoms with Gasteiger partial charge in [0.1, 0.15) is 0 Å². The van der Waals surface area contributed by atoms with Crippen molar-refractivity contribution in [2.75, 3.05) is 26.2 Å². The van der Waals surface area contributed by atoms with Crippen LogP contribution >= 0.6 is 0 Å². The van der Waals surface area contributed by atoms with Crippen LogP contribution in [-0.2, 0) is 0 Å². The highest BCUT2D eigenvalue weighted by Gasteiger charge is 2.22. The molecule has 1 saturated heterocycles. The van der Waals surface area contributed by atoms with Crippen LogP contribution in [0.1, 0.15) is 33.1 Å². The predicted molar refractivity (Wildman–Crippen MR) is 62.6 cm³/mol. The quantitative estimate of drug-likeness (QED) is 0.654. The second-order valence-corrected chi connectivity index (χ2v) is 4.21. The zero-order valence-electron chi connectivity index (χ0n) is 9.68. The molecule has 82 valence electrons. The molecule has 0 aromatic carbocycles. The molecule has 0 radical (unpaired) electrons. The summed E-state index contributed by atoms with van der Waals surface area (Å²) in [5.74, 6) is 0. The molecular formula is C12H24N2. The number of hydrogen-bond donors (Lipinski definition) is 1. The number of hydrogen-bond acceptors (Lipinski definition) is 2. The van der Waals surface area contributed by atoms with Crippen molar-refractivity contribution in [2.24, 2.45) is 0 Å². The van der Waals surface area contributed by atoms with Crippen LogP contribution in [0.2, 0.25) is 0 Å². The van der Waals surface area contributed by atoms with Crippen molar-refractivity contribution in [3.05, 3.63) is 12.2 Å². The third-order valence-electron chi connectivity index (χ3n) is 3.02. The highest BCUT2D eigenvalue weighted by atomic mass is 15.2. The van der Waals surface area contributed by atoms with Crippen molar-refractivity contribution < 1.29 is 0 Å². The van der Waals surface area contributed by atoms with E-state index in [9.17, 15) is 0 Å². The van der Waals surface area contributed by atoms with Gasteiger partial charge in [0.2, 0.25) is 0 Å². The van der Waals surface area contributed by atoms with E-state index in [4.69, 9.17) is 0 Å². The largest absolute Gasteiger partial charge is 0.313 e. The molecular weight excluding hydrogens is 172 g/mol. The highest BCUT2D eigenvalue weighted by Crippen LogP contribution is 2.20. The Morgan fingerprint density at radius 2 is 2.29 bits per heavy atom. The Balaban J connectivity index is 2.25. The van der Waals surface area contributed by atoms with Gasteiger partial charge in [0.25, 0.3) is 0 Å². The summed E-state index contributed by atoms with van der Waals surface area (Å²) in [4.78, 5) is 2.58. The zero-order chi connectivity index (χ0) is 10.4. The molecule has 1 heterocycles. The first-order valence-electron chi connectivity index (χ1n) is 5.89. The predicted octanol–water partition coefficient (Wildman–Crippen LogP) is 2.03. The average molecular weight is 196 g/mol. The summed E-state index contributed by atoms with van der Waals surface area (Å²) in [6.07, 6.45) is 4.03. The van der Waals surface area contributed by atoms with Gasteiger partial charge in [0.05, 0.1) is 0 Å². The van der Waals surface area contributed by atoms with Crippen molar-refractivity contribution in [2.45, 2.75) is 39.2 Å². The van der Waals surface area contributed by atoms with Gasteiger partial charge in [-0.05, 0) is 37.9 Å². The van der Waals surface area contributed by atoms with Gasteiger partial charge in [0, 0.05) is 19.1 Å². The lowest BCUT2D eigenvalue weighted by Gasteiger charge is -2.24.